The molecular formula is C54H36N2O. The lowest BCUT2D eigenvalue weighted by Crippen LogP contribution is -2.12. The Balaban J connectivity index is 1.21. The first-order valence-corrected chi connectivity index (χ1v) is 19.4. The van der Waals surface area contributed by atoms with E-state index in [0.717, 1.165) is 66.9 Å². The summed E-state index contributed by atoms with van der Waals surface area (Å²) in [5.74, 6) is 0. The first-order valence-electron chi connectivity index (χ1n) is 19.4. The van der Waals surface area contributed by atoms with Gasteiger partial charge in [0.1, 0.15) is 11.2 Å². The fourth-order valence-corrected chi connectivity index (χ4v) is 8.69. The molecule has 0 fully saturated rings. The first kappa shape index (κ1) is 32.8. The Kier molecular flexibility index (Phi) is 7.82. The Labute approximate surface area is 330 Å². The normalized spacial score (nSPS) is 11.5. The number of rotatable bonds is 7. The molecular weight excluding hydrogens is 693 g/mol. The molecule has 0 spiro atoms. The van der Waals surface area contributed by atoms with Gasteiger partial charge in [0, 0.05) is 50.2 Å². The van der Waals surface area contributed by atoms with Crippen molar-refractivity contribution in [3.05, 3.63) is 218 Å². The van der Waals surface area contributed by atoms with Gasteiger partial charge in [0.05, 0.1) is 16.7 Å². The van der Waals surface area contributed by atoms with Crippen LogP contribution in [-0.2, 0) is 0 Å². The van der Waals surface area contributed by atoms with Gasteiger partial charge in [-0.15, -0.1) is 0 Å². The predicted octanol–water partition coefficient (Wildman–Crippen LogP) is 15.2. The fraction of sp³-hybridized carbons (Fsp3) is 0. The van der Waals surface area contributed by atoms with E-state index in [-0.39, 0.29) is 0 Å². The molecule has 268 valence electrons. The Bertz CT molecular complexity index is 3190. The lowest BCUT2D eigenvalue weighted by Gasteiger charge is -2.30. The third kappa shape index (κ3) is 5.51. The number of hydrogen-bond donors (Lipinski definition) is 0. The van der Waals surface area contributed by atoms with Crippen LogP contribution >= 0.6 is 0 Å². The van der Waals surface area contributed by atoms with Crippen LogP contribution in [0, 0.1) is 0 Å². The van der Waals surface area contributed by atoms with E-state index >= 15 is 0 Å². The largest absolute Gasteiger partial charge is 0.456 e. The van der Waals surface area contributed by atoms with E-state index in [1.54, 1.807) is 0 Å². The number of fused-ring (bicyclic) bond motifs is 6. The van der Waals surface area contributed by atoms with E-state index in [4.69, 9.17) is 4.42 Å². The molecule has 57 heavy (non-hydrogen) atoms. The molecule has 3 heteroatoms. The minimum Gasteiger partial charge on any atom is -0.456 e. The minimum absolute atomic E-state index is 0.850. The van der Waals surface area contributed by atoms with Crippen molar-refractivity contribution in [2.24, 2.45) is 0 Å². The maximum atomic E-state index is 6.55. The average Bonchev–Trinajstić information content (AvgIpc) is 3.83. The van der Waals surface area contributed by atoms with Crippen LogP contribution in [0.3, 0.4) is 0 Å². The van der Waals surface area contributed by atoms with E-state index in [1.807, 2.05) is 12.1 Å². The highest BCUT2D eigenvalue weighted by atomic mass is 16.3. The van der Waals surface area contributed by atoms with Gasteiger partial charge in [-0.05, 0) is 82.4 Å². The van der Waals surface area contributed by atoms with Gasteiger partial charge in [-0.1, -0.05) is 158 Å². The fourth-order valence-electron chi connectivity index (χ4n) is 8.69. The second-order valence-electron chi connectivity index (χ2n) is 14.5. The van der Waals surface area contributed by atoms with Gasteiger partial charge in [0.2, 0.25) is 0 Å². The van der Waals surface area contributed by atoms with Crippen LogP contribution in [-0.4, -0.2) is 4.57 Å². The van der Waals surface area contributed by atoms with Crippen molar-refractivity contribution in [3.8, 4) is 39.1 Å². The van der Waals surface area contributed by atoms with Crippen molar-refractivity contribution in [1.29, 1.82) is 0 Å². The second-order valence-corrected chi connectivity index (χ2v) is 14.5. The molecule has 3 nitrogen and oxygen atoms in total. The Hall–Kier alpha value is -7.62. The molecule has 9 aromatic carbocycles. The summed E-state index contributed by atoms with van der Waals surface area (Å²) in [7, 11) is 0. The lowest BCUT2D eigenvalue weighted by atomic mass is 9.87. The summed E-state index contributed by atoms with van der Waals surface area (Å²) in [6, 6.07) is 78.2. The smallest absolute Gasteiger partial charge is 0.137 e. The lowest BCUT2D eigenvalue weighted by molar-refractivity contribution is 0.669. The van der Waals surface area contributed by atoms with E-state index in [0.29, 0.717) is 0 Å². The quantitative estimate of drug-likeness (QED) is 0.163. The van der Waals surface area contributed by atoms with Crippen molar-refractivity contribution in [3.63, 3.8) is 0 Å². The molecule has 0 aliphatic carbocycles. The van der Waals surface area contributed by atoms with Gasteiger partial charge in [0.15, 0.2) is 0 Å². The molecule has 11 rings (SSSR count). The monoisotopic (exact) mass is 728 g/mol. The first-order chi connectivity index (χ1) is 28.3. The molecule has 0 bridgehead atoms. The number of nitrogens with zero attached hydrogens (tertiary/aromatic N) is 2. The number of anilines is 3. The topological polar surface area (TPSA) is 21.3 Å². The number of benzene rings is 9. The molecule has 0 aliphatic rings. The highest BCUT2D eigenvalue weighted by Gasteiger charge is 2.24. The highest BCUT2D eigenvalue weighted by Crippen LogP contribution is 2.49. The van der Waals surface area contributed by atoms with Gasteiger partial charge < -0.3 is 13.9 Å². The summed E-state index contributed by atoms with van der Waals surface area (Å²) in [6.07, 6.45) is 0. The molecule has 11 aromatic rings. The zero-order chi connectivity index (χ0) is 37.7. The minimum atomic E-state index is 0.850. The second kappa shape index (κ2) is 13.6. The van der Waals surface area contributed by atoms with Crippen LogP contribution in [0.25, 0.3) is 82.8 Å². The van der Waals surface area contributed by atoms with Crippen LogP contribution in [0.1, 0.15) is 0 Å². The van der Waals surface area contributed by atoms with Crippen molar-refractivity contribution in [2.45, 2.75) is 0 Å². The molecule has 0 saturated carbocycles. The molecule has 0 N–H and O–H groups in total. The number of hydrogen-bond acceptors (Lipinski definition) is 2. The van der Waals surface area contributed by atoms with Crippen molar-refractivity contribution < 1.29 is 4.42 Å². The Morgan fingerprint density at radius 1 is 0.351 bits per heavy atom. The zero-order valence-corrected chi connectivity index (χ0v) is 31.1. The van der Waals surface area contributed by atoms with E-state index in [1.165, 1.54) is 32.9 Å². The number of aromatic nitrogens is 1. The summed E-state index contributed by atoms with van der Waals surface area (Å²) >= 11 is 0. The van der Waals surface area contributed by atoms with Crippen LogP contribution in [0.5, 0.6) is 0 Å². The number of furan rings is 1. The van der Waals surface area contributed by atoms with Crippen molar-refractivity contribution >= 4 is 60.8 Å². The molecule has 0 saturated heterocycles. The summed E-state index contributed by atoms with van der Waals surface area (Å²) in [5, 5.41) is 4.69. The Morgan fingerprint density at radius 3 is 1.63 bits per heavy atom. The third-order valence-electron chi connectivity index (χ3n) is 11.2. The number of para-hydroxylation sites is 3. The molecule has 0 radical (unpaired) electrons. The summed E-state index contributed by atoms with van der Waals surface area (Å²) in [4.78, 5) is 2.41. The van der Waals surface area contributed by atoms with Gasteiger partial charge in [-0.3, -0.25) is 0 Å². The van der Waals surface area contributed by atoms with Gasteiger partial charge in [-0.25, -0.2) is 0 Å². The summed E-state index contributed by atoms with van der Waals surface area (Å²) in [5.41, 5.74) is 15.2. The predicted molar refractivity (Wildman–Crippen MR) is 239 cm³/mol. The summed E-state index contributed by atoms with van der Waals surface area (Å²) < 4.78 is 8.94. The van der Waals surface area contributed by atoms with Gasteiger partial charge in [-0.2, -0.15) is 0 Å². The molecule has 0 amide bonds. The molecule has 0 atom stereocenters. The summed E-state index contributed by atoms with van der Waals surface area (Å²) in [6.45, 7) is 0. The Morgan fingerprint density at radius 2 is 0.895 bits per heavy atom. The van der Waals surface area contributed by atoms with Crippen LogP contribution in [0.15, 0.2) is 223 Å². The standard InChI is InChI=1S/C54H36N2O/c1-3-17-37(18-4-1)42-23-7-8-27-48(42)54-43(38-19-5-2-6-20-38)28-16-31-51(54)55(41-33-34-47-46-26-11-14-32-52(46)57-53(47)36-41)39-21-15-22-40(35-39)56-49-29-12-9-24-44(49)45-25-10-13-30-50(45)56/h1-36H. The zero-order valence-electron chi connectivity index (χ0n) is 31.1. The van der Waals surface area contributed by atoms with E-state index < -0.39 is 0 Å². The molecule has 0 unspecified atom stereocenters. The third-order valence-corrected chi connectivity index (χ3v) is 11.2. The maximum Gasteiger partial charge on any atom is 0.137 e. The van der Waals surface area contributed by atoms with Crippen molar-refractivity contribution in [1.82, 2.24) is 4.57 Å². The van der Waals surface area contributed by atoms with E-state index in [2.05, 4.69) is 216 Å². The van der Waals surface area contributed by atoms with Gasteiger partial charge >= 0.3 is 0 Å². The van der Waals surface area contributed by atoms with Crippen LogP contribution in [0.4, 0.5) is 17.1 Å². The van der Waals surface area contributed by atoms with Crippen molar-refractivity contribution in [2.75, 3.05) is 4.90 Å². The van der Waals surface area contributed by atoms with Gasteiger partial charge in [0.25, 0.3) is 0 Å². The molecule has 2 heterocycles. The maximum absolute atomic E-state index is 6.55. The van der Waals surface area contributed by atoms with Crippen LogP contribution < -0.4 is 4.90 Å². The average molecular weight is 729 g/mol. The van der Waals surface area contributed by atoms with E-state index in [9.17, 15) is 0 Å². The molecule has 0 aliphatic heterocycles. The van der Waals surface area contributed by atoms with Crippen LogP contribution in [0.2, 0.25) is 0 Å². The SMILES string of the molecule is c1ccc(-c2ccccc2-c2c(-c3ccccc3)cccc2N(c2cccc(-n3c4ccccc4c4ccccc43)c2)c2ccc3c(c2)oc2ccccc23)cc1. The molecule has 2 aromatic heterocycles. The highest BCUT2D eigenvalue weighted by molar-refractivity contribution is 6.10.